The van der Waals surface area contributed by atoms with Crippen LogP contribution >= 0.6 is 11.8 Å². The lowest BCUT2D eigenvalue weighted by Crippen LogP contribution is -2.33. The van der Waals surface area contributed by atoms with Gasteiger partial charge in [-0.2, -0.15) is 11.8 Å². The number of hydrogen-bond acceptors (Lipinski definition) is 6. The number of nitrogens with two attached hydrogens (primary N) is 1. The number of rotatable bonds is 10. The molecule has 0 aromatic carbocycles. The van der Waals surface area contributed by atoms with Crippen molar-refractivity contribution in [3.05, 3.63) is 0 Å². The Labute approximate surface area is 101 Å². The molecule has 0 aromatic heterocycles. The maximum atomic E-state index is 11.3. The first-order valence-electron chi connectivity index (χ1n) is 5.20. The summed E-state index contributed by atoms with van der Waals surface area (Å²) in [5.41, 5.74) is 5.62. The SMILES string of the molecule is COCCOCCOC(=O)C(N)CCSC. The highest BCUT2D eigenvalue weighted by atomic mass is 32.2. The summed E-state index contributed by atoms with van der Waals surface area (Å²) in [4.78, 5) is 11.3. The van der Waals surface area contributed by atoms with Gasteiger partial charge >= 0.3 is 5.97 Å². The third-order valence-electron chi connectivity index (χ3n) is 1.84. The van der Waals surface area contributed by atoms with Crippen LogP contribution in [0.5, 0.6) is 0 Å². The molecule has 0 saturated carbocycles. The van der Waals surface area contributed by atoms with E-state index >= 15 is 0 Å². The molecule has 0 rings (SSSR count). The van der Waals surface area contributed by atoms with Crippen molar-refractivity contribution in [1.82, 2.24) is 0 Å². The summed E-state index contributed by atoms with van der Waals surface area (Å²) in [7, 11) is 1.61. The molecule has 1 atom stereocenters. The molecule has 0 fully saturated rings. The lowest BCUT2D eigenvalue weighted by Gasteiger charge is -2.10. The minimum atomic E-state index is -0.522. The molecule has 0 aliphatic heterocycles. The molecular weight excluding hydrogens is 230 g/mol. The van der Waals surface area contributed by atoms with Gasteiger partial charge in [0.1, 0.15) is 12.6 Å². The number of hydrogen-bond donors (Lipinski definition) is 1. The number of carbonyl (C=O) groups excluding carboxylic acids is 1. The Hall–Kier alpha value is -0.300. The Bertz CT molecular complexity index is 180. The Morgan fingerprint density at radius 1 is 1.31 bits per heavy atom. The molecule has 96 valence electrons. The van der Waals surface area contributed by atoms with E-state index in [0.717, 1.165) is 5.75 Å². The highest BCUT2D eigenvalue weighted by Crippen LogP contribution is 2.00. The molecule has 0 amide bonds. The molecule has 6 heteroatoms. The van der Waals surface area contributed by atoms with E-state index in [1.54, 1.807) is 18.9 Å². The van der Waals surface area contributed by atoms with Crippen LogP contribution < -0.4 is 5.73 Å². The van der Waals surface area contributed by atoms with Gasteiger partial charge in [0.05, 0.1) is 19.8 Å². The van der Waals surface area contributed by atoms with Crippen LogP contribution in [-0.4, -0.2) is 57.6 Å². The minimum absolute atomic E-state index is 0.246. The van der Waals surface area contributed by atoms with Gasteiger partial charge in [-0.05, 0) is 18.4 Å². The third kappa shape index (κ3) is 8.96. The Kier molecular flexibility index (Phi) is 11.0. The van der Waals surface area contributed by atoms with E-state index in [4.69, 9.17) is 19.9 Å². The number of methoxy groups -OCH3 is 1. The van der Waals surface area contributed by atoms with Crippen molar-refractivity contribution < 1.29 is 19.0 Å². The van der Waals surface area contributed by atoms with Gasteiger partial charge in [0.15, 0.2) is 0 Å². The first-order chi connectivity index (χ1) is 7.72. The zero-order valence-corrected chi connectivity index (χ0v) is 10.8. The second-order valence-electron chi connectivity index (χ2n) is 3.16. The summed E-state index contributed by atoms with van der Waals surface area (Å²) in [5, 5.41) is 0. The van der Waals surface area contributed by atoms with Gasteiger partial charge < -0.3 is 19.9 Å². The van der Waals surface area contributed by atoms with E-state index in [1.165, 1.54) is 0 Å². The van der Waals surface area contributed by atoms with E-state index in [9.17, 15) is 4.79 Å². The van der Waals surface area contributed by atoms with Crippen LogP contribution in [0.15, 0.2) is 0 Å². The molecule has 1 unspecified atom stereocenters. The topological polar surface area (TPSA) is 70.8 Å². The molecule has 0 bridgehead atoms. The average molecular weight is 251 g/mol. The maximum Gasteiger partial charge on any atom is 0.323 e. The predicted octanol–water partition coefficient (Wildman–Crippen LogP) is 0.273. The fourth-order valence-electron chi connectivity index (χ4n) is 0.915. The highest BCUT2D eigenvalue weighted by Gasteiger charge is 2.13. The van der Waals surface area contributed by atoms with Crippen molar-refractivity contribution in [1.29, 1.82) is 0 Å². The largest absolute Gasteiger partial charge is 0.462 e. The van der Waals surface area contributed by atoms with Crippen molar-refractivity contribution in [3.63, 3.8) is 0 Å². The monoisotopic (exact) mass is 251 g/mol. The lowest BCUT2D eigenvalue weighted by atomic mass is 10.2. The molecule has 0 aliphatic rings. The zero-order valence-electron chi connectivity index (χ0n) is 9.94. The molecule has 0 spiro atoms. The first-order valence-corrected chi connectivity index (χ1v) is 6.59. The summed E-state index contributed by atoms with van der Waals surface area (Å²) in [5.74, 6) is 0.505. The minimum Gasteiger partial charge on any atom is -0.462 e. The van der Waals surface area contributed by atoms with Gasteiger partial charge in [-0.3, -0.25) is 4.79 Å². The van der Waals surface area contributed by atoms with Gasteiger partial charge in [-0.25, -0.2) is 0 Å². The first kappa shape index (κ1) is 15.7. The van der Waals surface area contributed by atoms with Crippen LogP contribution in [0, 0.1) is 0 Å². The molecule has 0 heterocycles. The number of esters is 1. The average Bonchev–Trinajstić information content (AvgIpc) is 2.30. The highest BCUT2D eigenvalue weighted by molar-refractivity contribution is 7.98. The number of thioether (sulfide) groups is 1. The second kappa shape index (κ2) is 11.2. The van der Waals surface area contributed by atoms with E-state index in [-0.39, 0.29) is 12.6 Å². The standard InChI is InChI=1S/C10H21NO4S/c1-13-4-5-14-6-7-15-10(12)9(11)3-8-16-2/h9H,3-8,11H2,1-2H3. The van der Waals surface area contributed by atoms with Crippen molar-refractivity contribution in [2.24, 2.45) is 5.73 Å². The molecule has 0 aromatic rings. The fourth-order valence-corrected chi connectivity index (χ4v) is 1.40. The van der Waals surface area contributed by atoms with Gasteiger partial charge in [0.25, 0.3) is 0 Å². The van der Waals surface area contributed by atoms with E-state index < -0.39 is 6.04 Å². The Balaban J connectivity index is 3.35. The Morgan fingerprint density at radius 3 is 2.62 bits per heavy atom. The number of carbonyl (C=O) groups is 1. The van der Waals surface area contributed by atoms with Crippen molar-refractivity contribution >= 4 is 17.7 Å². The maximum absolute atomic E-state index is 11.3. The van der Waals surface area contributed by atoms with Gasteiger partial charge in [0, 0.05) is 7.11 Å². The van der Waals surface area contributed by atoms with Crippen LogP contribution in [0.2, 0.25) is 0 Å². The smallest absolute Gasteiger partial charge is 0.323 e. The second-order valence-corrected chi connectivity index (χ2v) is 4.15. The molecule has 16 heavy (non-hydrogen) atoms. The molecular formula is C10H21NO4S. The number of ether oxygens (including phenoxy) is 3. The van der Waals surface area contributed by atoms with Crippen LogP contribution in [0.4, 0.5) is 0 Å². The quantitative estimate of drug-likeness (QED) is 0.444. The zero-order chi connectivity index (χ0) is 12.2. The van der Waals surface area contributed by atoms with Crippen LogP contribution in [0.1, 0.15) is 6.42 Å². The summed E-state index contributed by atoms with van der Waals surface area (Å²) >= 11 is 1.66. The summed E-state index contributed by atoms with van der Waals surface area (Å²) in [6.07, 6.45) is 2.62. The van der Waals surface area contributed by atoms with Gasteiger partial charge in [0.2, 0.25) is 0 Å². The predicted molar refractivity (Wildman–Crippen MR) is 64.6 cm³/mol. The summed E-state index contributed by atoms with van der Waals surface area (Å²) in [6.45, 7) is 1.67. The molecule has 2 N–H and O–H groups in total. The fraction of sp³-hybridized carbons (Fsp3) is 0.900. The van der Waals surface area contributed by atoms with Crippen LogP contribution in [-0.2, 0) is 19.0 Å². The van der Waals surface area contributed by atoms with Crippen molar-refractivity contribution in [2.75, 3.05) is 45.5 Å². The van der Waals surface area contributed by atoms with E-state index in [0.29, 0.717) is 26.2 Å². The van der Waals surface area contributed by atoms with Crippen LogP contribution in [0.25, 0.3) is 0 Å². The summed E-state index contributed by atoms with van der Waals surface area (Å²) < 4.78 is 14.9. The third-order valence-corrected chi connectivity index (χ3v) is 2.48. The van der Waals surface area contributed by atoms with Gasteiger partial charge in [-0.15, -0.1) is 0 Å². The molecule has 5 nitrogen and oxygen atoms in total. The van der Waals surface area contributed by atoms with Crippen molar-refractivity contribution in [3.8, 4) is 0 Å². The van der Waals surface area contributed by atoms with Crippen molar-refractivity contribution in [2.45, 2.75) is 12.5 Å². The molecule has 0 aliphatic carbocycles. The molecule has 0 radical (unpaired) electrons. The Morgan fingerprint density at radius 2 is 2.00 bits per heavy atom. The molecule has 0 saturated heterocycles. The summed E-state index contributed by atoms with van der Waals surface area (Å²) in [6, 6.07) is -0.522. The van der Waals surface area contributed by atoms with E-state index in [1.807, 2.05) is 6.26 Å². The van der Waals surface area contributed by atoms with Gasteiger partial charge in [-0.1, -0.05) is 0 Å². The van der Waals surface area contributed by atoms with E-state index in [2.05, 4.69) is 0 Å². The normalized spacial score (nSPS) is 12.4. The van der Waals surface area contributed by atoms with Crippen LogP contribution in [0.3, 0.4) is 0 Å². The lowest BCUT2D eigenvalue weighted by molar-refractivity contribution is -0.146.